The third kappa shape index (κ3) is 28.6. The molecule has 0 radical (unpaired) electrons. The van der Waals surface area contributed by atoms with Crippen molar-refractivity contribution in [2.45, 2.75) is 149 Å². The third-order valence-electron chi connectivity index (χ3n) is 12.2. The fourth-order valence-corrected chi connectivity index (χ4v) is 8.32. The molecule has 2 aromatic rings. The summed E-state index contributed by atoms with van der Waals surface area (Å²) in [6.07, 6.45) is 27.4. The number of hydrogen-bond acceptors (Lipinski definition) is 9. The summed E-state index contributed by atoms with van der Waals surface area (Å²) in [4.78, 5) is 0. The van der Waals surface area contributed by atoms with Crippen LogP contribution in [0, 0.1) is 0 Å². The number of benzene rings is 2. The Morgan fingerprint density at radius 1 is 0.391 bits per heavy atom. The van der Waals surface area contributed by atoms with Gasteiger partial charge in [0.15, 0.2) is 0 Å². The molecule has 2 aromatic carbocycles. The highest BCUT2D eigenvalue weighted by molar-refractivity contribution is 5.79. The van der Waals surface area contributed by atoms with E-state index in [4.69, 9.17) is 0 Å². The van der Waals surface area contributed by atoms with Gasteiger partial charge in [0.25, 0.3) is 0 Å². The van der Waals surface area contributed by atoms with Gasteiger partial charge in [-0.1, -0.05) is 114 Å². The van der Waals surface area contributed by atoms with Crippen molar-refractivity contribution < 1.29 is 0 Å². The molecule has 0 aliphatic heterocycles. The lowest BCUT2D eigenvalue weighted by molar-refractivity contribution is 0.553. The van der Waals surface area contributed by atoms with Gasteiger partial charge in [-0.2, -0.15) is 0 Å². The molecule has 364 valence electrons. The molecule has 64 heavy (non-hydrogen) atoms. The molecule has 3 rings (SSSR count). The quantitative estimate of drug-likeness (QED) is 0.0302. The fourth-order valence-electron chi connectivity index (χ4n) is 8.32. The van der Waals surface area contributed by atoms with Gasteiger partial charge in [-0.15, -0.1) is 0 Å². The first-order chi connectivity index (χ1) is 31.7. The van der Waals surface area contributed by atoms with E-state index in [9.17, 15) is 0 Å². The topological polar surface area (TPSA) is 108 Å². The predicted octanol–water partition coefficient (Wildman–Crippen LogP) is 9.06. The van der Waals surface area contributed by atoms with Crippen molar-refractivity contribution in [1.82, 2.24) is 47.9 Å². The number of nitrogens with one attached hydrogen (secondary N) is 9. The molecular weight excluding hydrogens is 787 g/mol. The fraction of sp³-hybridized carbons (Fsp3) is 0.709. The Kier molecular flexibility index (Phi) is 35.6. The number of hydrogen-bond donors (Lipinski definition) is 9. The summed E-state index contributed by atoms with van der Waals surface area (Å²) in [6.45, 7) is 25.9. The molecule has 0 unspecified atom stereocenters. The van der Waals surface area contributed by atoms with Gasteiger partial charge in [0.05, 0.1) is 0 Å². The average Bonchev–Trinajstić information content (AvgIpc) is 3.32. The largest absolute Gasteiger partial charge is 0.317 e. The molecule has 0 spiro atoms. The average molecular weight is 886 g/mol. The molecule has 0 atom stereocenters. The SMILES string of the molecule is CCCCCCNCCCNCCCNCC1=CC(c2ccc(-c3cccc(CNCCCNCCCNCCCCC)c3)c(CNCCCNCCCNCCCCC)c2)=CCC1. The van der Waals surface area contributed by atoms with Gasteiger partial charge in [-0.25, -0.2) is 0 Å². The van der Waals surface area contributed by atoms with Crippen molar-refractivity contribution in [1.29, 1.82) is 0 Å². The van der Waals surface area contributed by atoms with E-state index in [1.165, 1.54) is 129 Å². The van der Waals surface area contributed by atoms with Crippen LogP contribution in [0.15, 0.2) is 60.2 Å². The second-order valence-electron chi connectivity index (χ2n) is 18.2. The number of unbranched alkanes of at least 4 members (excludes halogenated alkanes) is 7. The van der Waals surface area contributed by atoms with Crippen LogP contribution in [0.1, 0.15) is 153 Å². The lowest BCUT2D eigenvalue weighted by atomic mass is 9.90. The van der Waals surface area contributed by atoms with Crippen LogP contribution < -0.4 is 47.9 Å². The molecule has 0 aromatic heterocycles. The van der Waals surface area contributed by atoms with E-state index >= 15 is 0 Å². The summed E-state index contributed by atoms with van der Waals surface area (Å²) < 4.78 is 0. The van der Waals surface area contributed by atoms with E-state index in [1.807, 2.05) is 0 Å². The van der Waals surface area contributed by atoms with Crippen LogP contribution in [0.2, 0.25) is 0 Å². The van der Waals surface area contributed by atoms with E-state index < -0.39 is 0 Å². The van der Waals surface area contributed by atoms with E-state index in [2.05, 4.69) is 123 Å². The van der Waals surface area contributed by atoms with Crippen molar-refractivity contribution >= 4 is 5.57 Å². The van der Waals surface area contributed by atoms with E-state index in [1.54, 1.807) is 0 Å². The maximum absolute atomic E-state index is 3.82. The summed E-state index contributed by atoms with van der Waals surface area (Å²) in [5.41, 5.74) is 9.57. The molecular formula is C55H99N9. The van der Waals surface area contributed by atoms with Gasteiger partial charge < -0.3 is 47.9 Å². The lowest BCUT2D eigenvalue weighted by Gasteiger charge is -2.18. The van der Waals surface area contributed by atoms with Gasteiger partial charge in [0.1, 0.15) is 0 Å². The summed E-state index contributed by atoms with van der Waals surface area (Å²) in [7, 11) is 0. The van der Waals surface area contributed by atoms with Gasteiger partial charge in [0, 0.05) is 19.6 Å². The Morgan fingerprint density at radius 3 is 1.38 bits per heavy atom. The van der Waals surface area contributed by atoms with Crippen molar-refractivity contribution in [3.05, 3.63) is 76.9 Å². The first kappa shape index (κ1) is 55.9. The molecule has 1 aliphatic carbocycles. The first-order valence-electron chi connectivity index (χ1n) is 26.7. The van der Waals surface area contributed by atoms with Crippen molar-refractivity contribution in [2.24, 2.45) is 0 Å². The Balaban J connectivity index is 1.47. The van der Waals surface area contributed by atoms with Gasteiger partial charge in [-0.3, -0.25) is 0 Å². The summed E-state index contributed by atoms with van der Waals surface area (Å²) in [5.74, 6) is 0. The second-order valence-corrected chi connectivity index (χ2v) is 18.2. The minimum absolute atomic E-state index is 0.865. The standard InChI is InChI=1S/C55H99N9/c1-4-7-10-13-30-58-33-18-36-60-37-19-40-62-46-49-22-14-24-51(43-49)52-26-27-55(54(45-52)48-64-42-21-39-61-35-17-32-57-29-12-9-6-3)53-25-15-23-50(44-53)47-63-41-20-38-59-34-16-31-56-28-11-8-5-2/h15,23-27,43-45,56-64H,4-14,16-22,28-42,46-48H2,1-3H3. The van der Waals surface area contributed by atoms with Gasteiger partial charge >= 0.3 is 0 Å². The highest BCUT2D eigenvalue weighted by Crippen LogP contribution is 2.31. The summed E-state index contributed by atoms with van der Waals surface area (Å²) >= 11 is 0. The zero-order chi connectivity index (χ0) is 45.2. The smallest absolute Gasteiger partial charge is 0.0211 e. The maximum Gasteiger partial charge on any atom is 0.0211 e. The Bertz CT molecular complexity index is 1440. The molecule has 0 saturated carbocycles. The van der Waals surface area contributed by atoms with Crippen molar-refractivity contribution in [3.63, 3.8) is 0 Å². The molecule has 9 N–H and O–H groups in total. The third-order valence-corrected chi connectivity index (χ3v) is 12.2. The minimum Gasteiger partial charge on any atom is -0.317 e. The molecule has 1 aliphatic rings. The first-order valence-corrected chi connectivity index (χ1v) is 26.7. The molecule has 0 bridgehead atoms. The van der Waals surface area contributed by atoms with Crippen LogP contribution >= 0.6 is 0 Å². The van der Waals surface area contributed by atoms with Crippen LogP contribution in [-0.2, 0) is 13.1 Å². The molecule has 0 heterocycles. The van der Waals surface area contributed by atoms with Crippen LogP contribution in [-0.4, -0.2) is 105 Å². The summed E-state index contributed by atoms with van der Waals surface area (Å²) in [5, 5.41) is 32.9. The molecule has 0 saturated heterocycles. The highest BCUT2D eigenvalue weighted by Gasteiger charge is 2.12. The number of allylic oxidation sites excluding steroid dienone is 3. The maximum atomic E-state index is 3.82. The number of rotatable bonds is 45. The molecule has 9 heteroatoms. The van der Waals surface area contributed by atoms with Crippen LogP contribution in [0.5, 0.6) is 0 Å². The van der Waals surface area contributed by atoms with E-state index in [-0.39, 0.29) is 0 Å². The van der Waals surface area contributed by atoms with Gasteiger partial charge in [-0.05, 0) is 214 Å². The highest BCUT2D eigenvalue weighted by atomic mass is 14.9. The van der Waals surface area contributed by atoms with E-state index in [0.29, 0.717) is 0 Å². The second kappa shape index (κ2) is 40.8. The van der Waals surface area contributed by atoms with Crippen LogP contribution in [0.25, 0.3) is 16.7 Å². The zero-order valence-corrected chi connectivity index (χ0v) is 41.7. The Hall–Kier alpha value is -2.44. The summed E-state index contributed by atoms with van der Waals surface area (Å²) in [6, 6.07) is 16.4. The lowest BCUT2D eigenvalue weighted by Crippen LogP contribution is -2.26. The minimum atomic E-state index is 0.865. The van der Waals surface area contributed by atoms with Crippen molar-refractivity contribution in [3.8, 4) is 11.1 Å². The Labute approximate surface area is 394 Å². The molecule has 9 nitrogen and oxygen atoms in total. The van der Waals surface area contributed by atoms with E-state index in [0.717, 1.165) is 143 Å². The van der Waals surface area contributed by atoms with Crippen LogP contribution in [0.3, 0.4) is 0 Å². The van der Waals surface area contributed by atoms with Crippen molar-refractivity contribution in [2.75, 3.05) is 105 Å². The van der Waals surface area contributed by atoms with Crippen LogP contribution in [0.4, 0.5) is 0 Å². The predicted molar refractivity (Wildman–Crippen MR) is 282 cm³/mol. The van der Waals surface area contributed by atoms with Gasteiger partial charge in [0.2, 0.25) is 0 Å². The Morgan fingerprint density at radius 2 is 0.844 bits per heavy atom. The molecule has 0 fully saturated rings. The molecule has 0 amide bonds. The zero-order valence-electron chi connectivity index (χ0n) is 41.7. The monoisotopic (exact) mass is 886 g/mol. The normalized spacial score (nSPS) is 12.9.